The van der Waals surface area contributed by atoms with E-state index in [9.17, 15) is 14.3 Å². The molecule has 0 heterocycles. The number of ether oxygens (including phenoxy) is 2. The van der Waals surface area contributed by atoms with E-state index < -0.39 is 13.9 Å². The molecule has 0 aromatic heterocycles. The van der Waals surface area contributed by atoms with Crippen LogP contribution in [0.5, 0.6) is 0 Å². The molecule has 364 valence electrons. The molecule has 0 fully saturated rings. The minimum Gasteiger partial charge on any atom is -0.457 e. The second-order valence-electron chi connectivity index (χ2n) is 16.7. The van der Waals surface area contributed by atoms with Crippen molar-refractivity contribution < 1.29 is 32.8 Å². The van der Waals surface area contributed by atoms with Crippen LogP contribution in [0, 0.1) is 0 Å². The van der Waals surface area contributed by atoms with Gasteiger partial charge in [0.15, 0.2) is 0 Å². The number of hydrogen-bond donors (Lipinski definition) is 2. The van der Waals surface area contributed by atoms with E-state index in [4.69, 9.17) is 24.3 Å². The lowest BCUT2D eigenvalue weighted by Gasteiger charge is -2.20. The lowest BCUT2D eigenvalue weighted by Crippen LogP contribution is -2.28. The first kappa shape index (κ1) is 60.7. The van der Waals surface area contributed by atoms with Gasteiger partial charge in [-0.05, 0) is 70.6 Å². The molecule has 0 aromatic carbocycles. The molecule has 0 aliphatic carbocycles. The van der Waals surface area contributed by atoms with Gasteiger partial charge in [-0.15, -0.1) is 0 Å². The fourth-order valence-electron chi connectivity index (χ4n) is 6.86. The molecule has 0 amide bonds. The number of hydrogen-bond acceptors (Lipinski definition) is 7. The highest BCUT2D eigenvalue weighted by molar-refractivity contribution is 7.47. The molecule has 63 heavy (non-hydrogen) atoms. The van der Waals surface area contributed by atoms with Gasteiger partial charge in [0.05, 0.1) is 19.8 Å². The first-order valence-corrected chi connectivity index (χ1v) is 27.1. The van der Waals surface area contributed by atoms with Crippen molar-refractivity contribution in [3.63, 3.8) is 0 Å². The maximum atomic E-state index is 12.6. The Labute approximate surface area is 388 Å². The third kappa shape index (κ3) is 50.5. The Morgan fingerprint density at radius 1 is 0.492 bits per heavy atom. The zero-order valence-corrected chi connectivity index (χ0v) is 41.4. The maximum absolute atomic E-state index is 12.6. The highest BCUT2D eigenvalue weighted by atomic mass is 31.2. The number of phosphoric acid groups is 1. The summed E-state index contributed by atoms with van der Waals surface area (Å²) in [6, 6.07) is 0. The Morgan fingerprint density at radius 3 is 1.33 bits per heavy atom. The van der Waals surface area contributed by atoms with Gasteiger partial charge in [-0.25, -0.2) is 4.57 Å². The predicted octanol–water partition coefficient (Wildman–Crippen LogP) is 16.0. The Kier molecular flexibility index (Phi) is 48.8. The second kappa shape index (κ2) is 50.7. The molecule has 0 rings (SSSR count). The molecule has 2 atom stereocenters. The van der Waals surface area contributed by atoms with Gasteiger partial charge in [-0.3, -0.25) is 13.8 Å². The van der Waals surface area contributed by atoms with Gasteiger partial charge in [0.2, 0.25) is 0 Å². The molecule has 9 heteroatoms. The summed E-state index contributed by atoms with van der Waals surface area (Å²) in [5.41, 5.74) is 5.39. The Bertz CT molecular complexity index is 1240. The number of rotatable bonds is 48. The van der Waals surface area contributed by atoms with E-state index >= 15 is 0 Å². The van der Waals surface area contributed by atoms with Gasteiger partial charge in [0, 0.05) is 19.6 Å². The first-order valence-electron chi connectivity index (χ1n) is 25.6. The summed E-state index contributed by atoms with van der Waals surface area (Å²) in [7, 11) is -4.29. The third-order valence-corrected chi connectivity index (χ3v) is 11.6. The number of nitrogens with two attached hydrogens (primary N) is 1. The predicted molar refractivity (Wildman–Crippen MR) is 270 cm³/mol. The second-order valence-corrected chi connectivity index (χ2v) is 18.1. The largest absolute Gasteiger partial charge is 0.472 e. The third-order valence-electron chi connectivity index (χ3n) is 10.6. The van der Waals surface area contributed by atoms with Gasteiger partial charge in [0.1, 0.15) is 6.10 Å². The van der Waals surface area contributed by atoms with Crippen molar-refractivity contribution in [2.45, 2.75) is 219 Å². The monoisotopic (exact) mass is 902 g/mol. The van der Waals surface area contributed by atoms with E-state index in [1.807, 2.05) is 0 Å². The van der Waals surface area contributed by atoms with Crippen molar-refractivity contribution in [2.75, 3.05) is 33.0 Å². The summed E-state index contributed by atoms with van der Waals surface area (Å²) >= 11 is 0. The Balaban J connectivity index is 4.03. The molecule has 0 aliphatic rings. The van der Waals surface area contributed by atoms with E-state index in [-0.39, 0.29) is 32.3 Å². The lowest BCUT2D eigenvalue weighted by atomic mass is 10.0. The van der Waals surface area contributed by atoms with Gasteiger partial charge >= 0.3 is 13.8 Å². The average molecular weight is 902 g/mol. The minimum absolute atomic E-state index is 0.0927. The summed E-state index contributed by atoms with van der Waals surface area (Å²) in [6.07, 6.45) is 66.2. The molecule has 0 aliphatic heterocycles. The van der Waals surface area contributed by atoms with Crippen LogP contribution in [0.2, 0.25) is 0 Å². The molecule has 2 unspecified atom stereocenters. The Morgan fingerprint density at radius 2 is 0.889 bits per heavy atom. The maximum Gasteiger partial charge on any atom is 0.472 e. The van der Waals surface area contributed by atoms with Crippen LogP contribution in [-0.4, -0.2) is 49.9 Å². The van der Waals surface area contributed by atoms with E-state index in [0.717, 1.165) is 96.3 Å². The van der Waals surface area contributed by atoms with Crippen LogP contribution in [-0.2, 0) is 27.9 Å². The van der Waals surface area contributed by atoms with Crippen molar-refractivity contribution in [1.29, 1.82) is 0 Å². The molecule has 0 saturated heterocycles. The molecular formula is C54H96NO7P. The number of carbonyl (C=O) groups excluding carboxylic acids is 1. The summed E-state index contributed by atoms with van der Waals surface area (Å²) < 4.78 is 33.6. The van der Waals surface area contributed by atoms with E-state index in [0.29, 0.717) is 13.0 Å². The van der Waals surface area contributed by atoms with Crippen LogP contribution in [0.25, 0.3) is 0 Å². The number of unbranched alkanes of at least 4 members (excludes halogenated alkanes) is 21. The smallest absolute Gasteiger partial charge is 0.457 e. The number of allylic oxidation sites excluding steroid dienone is 14. The first-order chi connectivity index (χ1) is 30.9. The standard InChI is InChI=1S/C54H96NO7P/c1-3-5-7-9-11-13-15-17-19-21-23-24-25-26-27-28-29-30-32-34-36-38-40-42-44-46-49-59-51-53(52-61-63(57,58)60-50-48-55)62-54(56)47-45-43-41-39-37-35-33-31-22-20-18-16-14-12-10-8-6-4-2/h5,7,11,13,17,19,23-24,26-27,29-30,34,36,53H,3-4,6,8-10,12,14-16,18,20-22,25,28,31-33,35,37-52,55H2,1-2H3,(H,57,58)/b7-5-,13-11-,19-17-,24-23-,27-26-,30-29-,36-34-. The van der Waals surface area contributed by atoms with Gasteiger partial charge in [-0.2, -0.15) is 0 Å². The summed E-state index contributed by atoms with van der Waals surface area (Å²) in [5, 5.41) is 0. The molecule has 0 bridgehead atoms. The quantitative estimate of drug-likeness (QED) is 0.0268. The van der Waals surface area contributed by atoms with Gasteiger partial charge in [0.25, 0.3) is 0 Å². The van der Waals surface area contributed by atoms with Crippen LogP contribution in [0.1, 0.15) is 213 Å². The average Bonchev–Trinajstić information content (AvgIpc) is 3.28. The van der Waals surface area contributed by atoms with Crippen LogP contribution >= 0.6 is 7.82 Å². The molecule has 8 nitrogen and oxygen atoms in total. The van der Waals surface area contributed by atoms with Crippen LogP contribution in [0.15, 0.2) is 85.1 Å². The highest BCUT2D eigenvalue weighted by Crippen LogP contribution is 2.43. The molecular weight excluding hydrogens is 806 g/mol. The van der Waals surface area contributed by atoms with Crippen LogP contribution in [0.4, 0.5) is 0 Å². The topological polar surface area (TPSA) is 117 Å². The SMILES string of the molecule is CC/C=C\C/C=C\C/C=C\C/C=C\C/C=C\C/C=C\C/C=C\CCCCCCOCC(COP(=O)(O)OCCN)OC(=O)CCCCCCCCCCCCCCCCCCCC. The van der Waals surface area contributed by atoms with Crippen molar-refractivity contribution in [2.24, 2.45) is 5.73 Å². The van der Waals surface area contributed by atoms with E-state index in [2.05, 4.69) is 98.9 Å². The normalized spacial score (nSPS) is 14.0. The fraction of sp³-hybridized carbons (Fsp3) is 0.722. The van der Waals surface area contributed by atoms with Crippen molar-refractivity contribution in [1.82, 2.24) is 0 Å². The van der Waals surface area contributed by atoms with E-state index in [1.165, 1.54) is 96.3 Å². The van der Waals surface area contributed by atoms with Crippen molar-refractivity contribution in [3.8, 4) is 0 Å². The molecule has 0 saturated carbocycles. The van der Waals surface area contributed by atoms with Gasteiger partial charge < -0.3 is 20.1 Å². The number of esters is 1. The van der Waals surface area contributed by atoms with Gasteiger partial charge in [-0.1, -0.05) is 221 Å². The van der Waals surface area contributed by atoms with Crippen molar-refractivity contribution >= 4 is 13.8 Å². The number of carbonyl (C=O) groups is 1. The van der Waals surface area contributed by atoms with Crippen molar-refractivity contribution in [3.05, 3.63) is 85.1 Å². The zero-order chi connectivity index (χ0) is 45.8. The minimum atomic E-state index is -4.29. The number of phosphoric ester groups is 1. The molecule has 3 N–H and O–H groups in total. The summed E-state index contributed by atoms with van der Waals surface area (Å²) in [4.78, 5) is 22.6. The lowest BCUT2D eigenvalue weighted by molar-refractivity contribution is -0.154. The summed E-state index contributed by atoms with van der Waals surface area (Å²) in [5.74, 6) is -0.340. The molecule has 0 aromatic rings. The van der Waals surface area contributed by atoms with E-state index in [1.54, 1.807) is 0 Å². The molecule has 0 spiro atoms. The Hall–Kier alpha value is -2.32. The fourth-order valence-corrected chi connectivity index (χ4v) is 7.63. The highest BCUT2D eigenvalue weighted by Gasteiger charge is 2.25. The molecule has 0 radical (unpaired) electrons. The summed E-state index contributed by atoms with van der Waals surface area (Å²) in [6.45, 7) is 4.75. The van der Waals surface area contributed by atoms with Crippen LogP contribution in [0.3, 0.4) is 0 Å². The van der Waals surface area contributed by atoms with Crippen LogP contribution < -0.4 is 5.73 Å². The zero-order valence-electron chi connectivity index (χ0n) is 40.5.